The zero-order valence-electron chi connectivity index (χ0n) is 55.8. The third-order valence-corrected chi connectivity index (χ3v) is 14.9. The molecule has 0 aliphatic carbocycles. The number of aliphatic carboxylic acids is 3. The molecule has 0 heterocycles. The number of unbranched alkanes of at least 4 members (excludes halogenated alkanes) is 1. The number of carboxylic acid groups (broad SMARTS) is 3. The predicted octanol–water partition coefficient (Wildman–Crippen LogP) is -7.01. The lowest BCUT2D eigenvalue weighted by molar-refractivity contribution is -0.145. The van der Waals surface area contributed by atoms with Crippen molar-refractivity contribution < 1.29 is 97.5 Å². The van der Waals surface area contributed by atoms with Crippen molar-refractivity contribution in [3.05, 3.63) is 35.9 Å². The summed E-state index contributed by atoms with van der Waals surface area (Å²) in [6, 6.07) is -7.94. The molecule has 1 aromatic carbocycles. The minimum absolute atomic E-state index is 0.0148. The molecule has 0 saturated carbocycles. The number of amides is 12. The minimum atomic E-state index is -1.91. The molecule has 0 fully saturated rings. The van der Waals surface area contributed by atoms with Gasteiger partial charge in [0.25, 0.3) is 0 Å². The number of benzene rings is 1. The molecule has 0 radical (unpaired) electrons. The number of nitrogens with one attached hydrogen (secondary N) is 12. The number of guanidine groups is 1. The zero-order valence-corrected chi connectivity index (χ0v) is 55.8. The first-order chi connectivity index (χ1) is 45.5. The third-order valence-electron chi connectivity index (χ3n) is 14.9. The number of carbonyl (C=O) groups excluding carboxylic acids is 12. The Morgan fingerprint density at radius 2 is 0.969 bits per heavy atom. The van der Waals surface area contributed by atoms with Gasteiger partial charge in [0.1, 0.15) is 60.4 Å². The van der Waals surface area contributed by atoms with Gasteiger partial charge in [-0.1, -0.05) is 78.3 Å². The quantitative estimate of drug-likeness (QED) is 0.0164. The van der Waals surface area contributed by atoms with Gasteiger partial charge in [0.05, 0.1) is 38.3 Å². The SMILES string of the molecule is CC[C@H](C)[C@H](NC(=O)[C@@H](N)Cc1ccccc1)C(=O)NCC(=O)N[C@@H](C)C(=O)N[C@@H](CCC(=O)O)C(=O)N[C@@H](CCCCN)C(=O)N[C@@H](CCCN=C(N)N)C(=O)NCC(=O)N[C@H](C(=O)N[C@@H](CO)C(=O)N[C@H](C(=O)N[C@@H](CC(=O)O)C(=O)N[C@H](C(=O)O)C(C)C)C(C)C)[C@@H](C)O. The average molecular weight is 1380 g/mol. The molecule has 37 nitrogen and oxygen atoms in total. The summed E-state index contributed by atoms with van der Waals surface area (Å²) in [5, 5.41) is 77.3. The maximum atomic E-state index is 14.2. The van der Waals surface area contributed by atoms with E-state index in [4.69, 9.17) is 22.9 Å². The maximum Gasteiger partial charge on any atom is 0.326 e. The molecule has 0 bridgehead atoms. The first-order valence-corrected chi connectivity index (χ1v) is 31.6. The van der Waals surface area contributed by atoms with Crippen LogP contribution in [0.2, 0.25) is 0 Å². The van der Waals surface area contributed by atoms with E-state index in [0.717, 1.165) is 12.5 Å². The predicted molar refractivity (Wildman–Crippen MR) is 347 cm³/mol. The number of nitrogens with two attached hydrogens (primary N) is 4. The molecule has 1 rings (SSSR count). The standard InChI is InChI=1S/C60H99N17O20/c1-9-31(6)47(77-50(87)35(62)24-34-16-11-10-12-17-34)56(93)67-26-41(80)68-32(7)49(86)69-38(20-21-43(82)83)53(90)71-37(18-13-14-22-61)52(89)70-36(19-15-23-65-60(63)64)51(88)66-27-42(81)74-48(33(8)79)58(95)73-40(28-78)55(92)75-45(29(2)3)57(94)72-39(25-44(84)85)54(91)76-46(30(4)5)59(96)97/h10-12,16-17,29-33,35-40,45-48,78-79H,9,13-15,18-28,61-62H2,1-8H3,(H,66,88)(H,67,93)(H,68,80)(H,69,86)(H,70,89)(H,71,90)(H,72,94)(H,73,95)(H,74,81)(H,75,92)(H,76,91)(H,77,87)(H,82,83)(H,84,85)(H,96,97)(H4,63,64,65)/t31-,32-,33+,35-,36-,37-,38-,39-,40-,45-,46-,47-,48-/m0/s1. The lowest BCUT2D eigenvalue weighted by Crippen LogP contribution is -2.62. The number of rotatable bonds is 46. The number of carboxylic acids is 3. The van der Waals surface area contributed by atoms with Crippen molar-refractivity contribution in [2.75, 3.05) is 32.8 Å². The van der Waals surface area contributed by atoms with Crippen LogP contribution in [-0.4, -0.2) is 226 Å². The van der Waals surface area contributed by atoms with E-state index in [1.54, 1.807) is 44.2 Å². The van der Waals surface area contributed by atoms with Crippen molar-refractivity contribution in [3.63, 3.8) is 0 Å². The van der Waals surface area contributed by atoms with Crippen LogP contribution in [0.15, 0.2) is 35.3 Å². The second-order valence-electron chi connectivity index (χ2n) is 23.7. The van der Waals surface area contributed by atoms with E-state index < -0.39 is 218 Å². The highest BCUT2D eigenvalue weighted by molar-refractivity contribution is 5.99. The van der Waals surface area contributed by atoms with Crippen LogP contribution in [0.1, 0.15) is 119 Å². The molecule has 37 heteroatoms. The van der Waals surface area contributed by atoms with Crippen LogP contribution in [0.25, 0.3) is 0 Å². The average Bonchev–Trinajstić information content (AvgIpc) is 0.876. The van der Waals surface area contributed by atoms with E-state index in [0.29, 0.717) is 12.8 Å². The van der Waals surface area contributed by atoms with Gasteiger partial charge >= 0.3 is 17.9 Å². The molecule has 0 spiro atoms. The Hall–Kier alpha value is -9.62. The van der Waals surface area contributed by atoms with E-state index in [1.165, 1.54) is 34.6 Å². The Kier molecular flexibility index (Phi) is 38.9. The molecule has 0 saturated heterocycles. The Balaban J connectivity index is 3.28. The van der Waals surface area contributed by atoms with Crippen LogP contribution in [0.5, 0.6) is 0 Å². The van der Waals surface area contributed by atoms with Crippen molar-refractivity contribution in [3.8, 4) is 0 Å². The normalized spacial score (nSPS) is 15.1. The van der Waals surface area contributed by atoms with Crippen LogP contribution in [-0.2, 0) is 78.3 Å². The molecule has 0 aliphatic rings. The summed E-state index contributed by atoms with van der Waals surface area (Å²) in [6.45, 7) is 8.89. The molecule has 97 heavy (non-hydrogen) atoms. The number of aliphatic imine (C=N–C) groups is 1. The Bertz CT molecular complexity index is 2880. The topological polar surface area (TPSA) is 618 Å². The van der Waals surface area contributed by atoms with E-state index in [-0.39, 0.29) is 51.2 Å². The highest BCUT2D eigenvalue weighted by Crippen LogP contribution is 2.13. The summed E-state index contributed by atoms with van der Waals surface area (Å²) < 4.78 is 0. The van der Waals surface area contributed by atoms with Crippen molar-refractivity contribution >= 4 is 94.8 Å². The second-order valence-corrected chi connectivity index (χ2v) is 23.7. The number of aliphatic hydroxyl groups is 2. The zero-order chi connectivity index (χ0) is 73.8. The fraction of sp³-hybridized carbons (Fsp3) is 0.633. The molecule has 544 valence electrons. The van der Waals surface area contributed by atoms with E-state index in [9.17, 15) is 97.5 Å². The van der Waals surface area contributed by atoms with Gasteiger partial charge in [0, 0.05) is 13.0 Å². The summed E-state index contributed by atoms with van der Waals surface area (Å²) in [4.78, 5) is 201. The molecule has 12 amide bonds. The number of hydrogen-bond donors (Lipinski definition) is 21. The summed E-state index contributed by atoms with van der Waals surface area (Å²) in [5.74, 6) is -18.8. The maximum absolute atomic E-state index is 14.2. The molecule has 1 aromatic rings. The first-order valence-electron chi connectivity index (χ1n) is 31.6. The highest BCUT2D eigenvalue weighted by Gasteiger charge is 2.37. The summed E-state index contributed by atoms with van der Waals surface area (Å²) >= 11 is 0. The monoisotopic (exact) mass is 1380 g/mol. The molecule has 25 N–H and O–H groups in total. The molecule has 0 unspecified atom stereocenters. The molecule has 0 aliphatic heterocycles. The largest absolute Gasteiger partial charge is 0.481 e. The van der Waals surface area contributed by atoms with E-state index >= 15 is 0 Å². The van der Waals surface area contributed by atoms with Crippen molar-refractivity contribution in [2.24, 2.45) is 45.7 Å². The molecular weight excluding hydrogens is 1280 g/mol. The Labute approximate surface area is 560 Å². The van der Waals surface area contributed by atoms with Gasteiger partial charge < -0.3 is 112 Å². The number of carbonyl (C=O) groups is 15. The molecular formula is C60H99N17O20. The second kappa shape index (κ2) is 44.2. The van der Waals surface area contributed by atoms with Crippen LogP contribution >= 0.6 is 0 Å². The Morgan fingerprint density at radius 3 is 1.48 bits per heavy atom. The van der Waals surface area contributed by atoms with Gasteiger partial charge in [0.15, 0.2) is 5.96 Å². The summed E-state index contributed by atoms with van der Waals surface area (Å²) in [6.07, 6.45) is -3.16. The Morgan fingerprint density at radius 1 is 0.495 bits per heavy atom. The van der Waals surface area contributed by atoms with Crippen LogP contribution in [0.3, 0.4) is 0 Å². The third kappa shape index (κ3) is 32.6. The smallest absolute Gasteiger partial charge is 0.326 e. The number of hydrogen-bond acceptors (Lipinski definition) is 20. The highest BCUT2D eigenvalue weighted by atomic mass is 16.4. The molecule has 13 atom stereocenters. The van der Waals surface area contributed by atoms with Crippen LogP contribution in [0.4, 0.5) is 0 Å². The van der Waals surface area contributed by atoms with Gasteiger partial charge in [0.2, 0.25) is 70.9 Å². The van der Waals surface area contributed by atoms with E-state index in [2.05, 4.69) is 68.8 Å². The number of nitrogens with zero attached hydrogens (tertiary/aromatic N) is 1. The fourth-order valence-corrected chi connectivity index (χ4v) is 9.05. The van der Waals surface area contributed by atoms with Gasteiger partial charge in [-0.3, -0.25) is 72.1 Å². The van der Waals surface area contributed by atoms with Crippen molar-refractivity contribution in [2.45, 2.75) is 192 Å². The lowest BCUT2D eigenvalue weighted by atomic mass is 9.97. The summed E-state index contributed by atoms with van der Waals surface area (Å²) in [5.41, 5.74) is 23.6. The van der Waals surface area contributed by atoms with Crippen LogP contribution in [0, 0.1) is 17.8 Å². The first kappa shape index (κ1) is 85.4. The van der Waals surface area contributed by atoms with Crippen molar-refractivity contribution in [1.82, 2.24) is 63.8 Å². The van der Waals surface area contributed by atoms with Gasteiger partial charge in [-0.05, 0) is 88.7 Å². The minimum Gasteiger partial charge on any atom is -0.481 e. The van der Waals surface area contributed by atoms with Gasteiger partial charge in [-0.15, -0.1) is 0 Å². The lowest BCUT2D eigenvalue weighted by Gasteiger charge is -2.28. The summed E-state index contributed by atoms with van der Waals surface area (Å²) in [7, 11) is 0. The molecule has 0 aromatic heterocycles. The number of aliphatic hydroxyl groups excluding tert-OH is 2. The van der Waals surface area contributed by atoms with Gasteiger partial charge in [-0.25, -0.2) is 4.79 Å². The van der Waals surface area contributed by atoms with Crippen LogP contribution < -0.4 is 86.7 Å². The van der Waals surface area contributed by atoms with E-state index in [1.807, 2.05) is 0 Å². The fourth-order valence-electron chi connectivity index (χ4n) is 9.05. The van der Waals surface area contributed by atoms with Gasteiger partial charge in [-0.2, -0.15) is 0 Å². The van der Waals surface area contributed by atoms with Crippen molar-refractivity contribution in [1.29, 1.82) is 0 Å².